The van der Waals surface area contributed by atoms with Gasteiger partial charge in [-0.25, -0.2) is 0 Å². The number of hydrogen-bond donors (Lipinski definition) is 0. The lowest BCUT2D eigenvalue weighted by Gasteiger charge is -2.47. The minimum absolute atomic E-state index is 0.0551. The fourth-order valence-corrected chi connectivity index (χ4v) is 14.6. The number of nitrogens with zero attached hydrogens (tertiary/aromatic N) is 2. The molecule has 6 bridgehead atoms. The first-order chi connectivity index (χ1) is 32.3. The van der Waals surface area contributed by atoms with Crippen molar-refractivity contribution in [2.45, 2.75) is 129 Å². The molecule has 4 heterocycles. The van der Waals surface area contributed by atoms with E-state index in [1.54, 1.807) is 0 Å². The Morgan fingerprint density at radius 2 is 1.13 bits per heavy atom. The lowest BCUT2D eigenvalue weighted by molar-refractivity contribution is 0.332. The van der Waals surface area contributed by atoms with Crippen LogP contribution in [0.25, 0.3) is 32.3 Å². The Hall–Kier alpha value is -5.84. The van der Waals surface area contributed by atoms with E-state index in [4.69, 9.17) is 0 Å². The molecule has 0 radical (unpaired) electrons. The van der Waals surface area contributed by atoms with Gasteiger partial charge >= 0.3 is 0 Å². The second-order valence-electron chi connectivity index (χ2n) is 24.5. The minimum atomic E-state index is -0.137. The van der Waals surface area contributed by atoms with E-state index in [0.717, 1.165) is 12.8 Å². The quantitative estimate of drug-likeness (QED) is 0.160. The molecule has 1 unspecified atom stereocenters. The fraction of sp³-hybridized carbons (Fsp3) is 0.312. The zero-order valence-electron chi connectivity index (χ0n) is 41.9. The highest BCUT2D eigenvalue weighted by Gasteiger charge is 2.49. The third-order valence-corrected chi connectivity index (χ3v) is 18.8. The number of hydrogen-bond acceptors (Lipinski definition) is 3. The fourth-order valence-electron chi connectivity index (χ4n) is 13.3. The predicted octanol–water partition coefficient (Wildman–Crippen LogP) is 16.0. The molecule has 2 nitrogen and oxygen atoms in total. The van der Waals surface area contributed by atoms with Gasteiger partial charge in [-0.1, -0.05) is 142 Å². The van der Waals surface area contributed by atoms with Crippen LogP contribution in [0.4, 0.5) is 34.1 Å². The van der Waals surface area contributed by atoms with Crippen LogP contribution in [0.5, 0.6) is 0 Å². The molecule has 5 aliphatic rings. The lowest BCUT2D eigenvalue weighted by atomic mass is 9.35. The highest BCUT2D eigenvalue weighted by atomic mass is 32.1. The summed E-state index contributed by atoms with van der Waals surface area (Å²) in [5.41, 5.74) is 25.7. The van der Waals surface area contributed by atoms with Crippen LogP contribution in [0.2, 0.25) is 0 Å². The van der Waals surface area contributed by atoms with Gasteiger partial charge in [0.2, 0.25) is 0 Å². The molecule has 68 heavy (non-hydrogen) atoms. The van der Waals surface area contributed by atoms with Gasteiger partial charge in [-0.3, -0.25) is 0 Å². The molecule has 0 amide bonds. The average molecular weight is 903 g/mol. The summed E-state index contributed by atoms with van der Waals surface area (Å²) in [4.78, 5) is 5.37. The number of rotatable bonds is 2. The molecular weight excluding hydrogens is 840 g/mol. The first-order valence-corrected chi connectivity index (χ1v) is 26.1. The zero-order chi connectivity index (χ0) is 47.0. The molecule has 0 N–H and O–H groups in total. The summed E-state index contributed by atoms with van der Waals surface area (Å²) >= 11 is 2.06. The van der Waals surface area contributed by atoms with Gasteiger partial charge in [0.25, 0.3) is 6.71 Å². The molecular formula is C64H63BN2S. The Morgan fingerprint density at radius 1 is 0.515 bits per heavy atom. The van der Waals surface area contributed by atoms with Crippen molar-refractivity contribution >= 4 is 78.0 Å². The average Bonchev–Trinajstić information content (AvgIpc) is 3.69. The van der Waals surface area contributed by atoms with Gasteiger partial charge in [0.05, 0.1) is 5.69 Å². The van der Waals surface area contributed by atoms with Gasteiger partial charge in [0.15, 0.2) is 0 Å². The topological polar surface area (TPSA) is 6.48 Å². The van der Waals surface area contributed by atoms with Crippen molar-refractivity contribution in [3.05, 3.63) is 172 Å². The van der Waals surface area contributed by atoms with Crippen LogP contribution in [0, 0.1) is 6.92 Å². The molecule has 0 fully saturated rings. The van der Waals surface area contributed by atoms with Crippen molar-refractivity contribution in [3.8, 4) is 22.3 Å². The zero-order valence-corrected chi connectivity index (χ0v) is 42.7. The van der Waals surface area contributed by atoms with Crippen LogP contribution in [0.3, 0.4) is 0 Å². The summed E-state index contributed by atoms with van der Waals surface area (Å²) in [7, 11) is 0. The van der Waals surface area contributed by atoms with E-state index >= 15 is 0 Å². The number of benzene rings is 7. The van der Waals surface area contributed by atoms with Gasteiger partial charge in [0.1, 0.15) is 0 Å². The first-order valence-electron chi connectivity index (χ1n) is 25.3. The Bertz CT molecular complexity index is 3450. The van der Waals surface area contributed by atoms with Gasteiger partial charge in [-0.2, -0.15) is 0 Å². The number of aryl methyl sites for hydroxylation is 1. The standard InChI is InChI=1S/C64H63BN2S/c1-38-28-54-57-55(29-38)67-46-32-41(39-16-13-12-14-17-39)30-42(33-46)40-18-15-19-44(31-40)64(11)27-26-63(9,10)50-37-56-47(34-51(50)64)58(67)59(68-56)65(57)52-35-48-49(62(7,8)25-24-61(48,5)6)36-53(52)66(54)45-22-20-43(21-23-45)60(2,3)4/h12-23,28-37H,24-27H2,1-11H3. The van der Waals surface area contributed by atoms with E-state index in [-0.39, 0.29) is 33.8 Å². The summed E-state index contributed by atoms with van der Waals surface area (Å²) in [6.07, 6.45) is 4.61. The highest BCUT2D eigenvalue weighted by molar-refractivity contribution is 7.33. The Morgan fingerprint density at radius 3 is 1.82 bits per heavy atom. The Kier molecular flexibility index (Phi) is 8.65. The molecule has 0 saturated heterocycles. The molecule has 8 aromatic rings. The number of thiophene rings is 1. The maximum Gasteiger partial charge on any atom is 0.264 e. The summed E-state index contributed by atoms with van der Waals surface area (Å²) in [6.45, 7) is 26.8. The minimum Gasteiger partial charge on any atom is -0.311 e. The Balaban J connectivity index is 1.19. The van der Waals surface area contributed by atoms with Gasteiger partial charge < -0.3 is 9.80 Å². The molecule has 1 atom stereocenters. The monoisotopic (exact) mass is 902 g/mol. The molecule has 2 aliphatic carbocycles. The molecule has 4 heteroatoms. The molecule has 7 aromatic carbocycles. The lowest BCUT2D eigenvalue weighted by Crippen LogP contribution is -2.61. The second kappa shape index (κ2) is 13.9. The molecule has 1 aromatic heterocycles. The third kappa shape index (κ3) is 5.95. The van der Waals surface area contributed by atoms with Crippen molar-refractivity contribution in [1.82, 2.24) is 0 Å². The van der Waals surface area contributed by atoms with Gasteiger partial charge in [-0.05, 0) is 187 Å². The van der Waals surface area contributed by atoms with Crippen molar-refractivity contribution < 1.29 is 0 Å². The van der Waals surface area contributed by atoms with Crippen LogP contribution in [-0.4, -0.2) is 6.71 Å². The summed E-state index contributed by atoms with van der Waals surface area (Å²) < 4.78 is 2.85. The van der Waals surface area contributed by atoms with E-state index in [0.29, 0.717) is 0 Å². The van der Waals surface area contributed by atoms with E-state index < -0.39 is 0 Å². The van der Waals surface area contributed by atoms with Crippen molar-refractivity contribution in [2.75, 3.05) is 9.80 Å². The molecule has 3 aliphatic heterocycles. The van der Waals surface area contributed by atoms with Crippen molar-refractivity contribution in [3.63, 3.8) is 0 Å². The predicted molar refractivity (Wildman–Crippen MR) is 294 cm³/mol. The van der Waals surface area contributed by atoms with Crippen LogP contribution >= 0.6 is 11.3 Å². The maximum absolute atomic E-state index is 2.72. The van der Waals surface area contributed by atoms with Crippen molar-refractivity contribution in [1.29, 1.82) is 0 Å². The SMILES string of the molecule is Cc1cc2c3c(c1)N1c4cc(-c5ccccc5)cc(c4)-c4cccc(c4)C4(C)CCC(C)(C)c5cc6sc(c1c6cc54)B3c1cc3c(cc1N2c1ccc(C(C)(C)C)cc1)C(C)(C)CCC3(C)C. The van der Waals surface area contributed by atoms with Crippen LogP contribution < -0.4 is 25.5 Å². The number of fused-ring (bicyclic) bond motifs is 12. The Labute approximate surface area is 409 Å². The van der Waals surface area contributed by atoms with E-state index in [1.165, 1.54) is 134 Å². The molecule has 13 rings (SSSR count). The van der Waals surface area contributed by atoms with Gasteiger partial charge in [0, 0.05) is 48.7 Å². The largest absolute Gasteiger partial charge is 0.311 e. The second-order valence-corrected chi connectivity index (χ2v) is 25.6. The number of anilines is 6. The van der Waals surface area contributed by atoms with Crippen LogP contribution in [-0.2, 0) is 27.1 Å². The van der Waals surface area contributed by atoms with E-state index in [9.17, 15) is 0 Å². The summed E-state index contributed by atoms with van der Waals surface area (Å²) in [5, 5.41) is 1.38. The van der Waals surface area contributed by atoms with Gasteiger partial charge in [-0.15, -0.1) is 11.3 Å². The third-order valence-electron chi connectivity index (χ3n) is 17.6. The van der Waals surface area contributed by atoms with E-state index in [2.05, 4.69) is 231 Å². The van der Waals surface area contributed by atoms with Crippen LogP contribution in [0.15, 0.2) is 133 Å². The smallest absolute Gasteiger partial charge is 0.264 e. The van der Waals surface area contributed by atoms with Crippen molar-refractivity contribution in [2.24, 2.45) is 0 Å². The summed E-state index contributed by atoms with van der Waals surface area (Å²) in [5.74, 6) is 0. The van der Waals surface area contributed by atoms with E-state index in [1.807, 2.05) is 0 Å². The molecule has 0 saturated carbocycles. The molecule has 0 spiro atoms. The normalized spacial score (nSPS) is 19.8. The molecule has 338 valence electrons. The maximum atomic E-state index is 2.72. The van der Waals surface area contributed by atoms with Crippen LogP contribution in [0.1, 0.15) is 134 Å². The first kappa shape index (κ1) is 42.3. The highest BCUT2D eigenvalue weighted by Crippen LogP contribution is 2.56. The summed E-state index contributed by atoms with van der Waals surface area (Å²) in [6, 6.07) is 53.3.